The maximum Gasteiger partial charge on any atom is 0.306 e. The molecule has 0 aliphatic rings. The molecule has 0 N–H and O–H groups in total. The van der Waals surface area contributed by atoms with Gasteiger partial charge in [-0.2, -0.15) is 0 Å². The minimum absolute atomic E-state index is 0.0839. The van der Waals surface area contributed by atoms with E-state index in [9.17, 15) is 14.4 Å². The van der Waals surface area contributed by atoms with Gasteiger partial charge in [-0.1, -0.05) is 273 Å². The van der Waals surface area contributed by atoms with Crippen LogP contribution in [0.2, 0.25) is 0 Å². The van der Waals surface area contributed by atoms with E-state index in [2.05, 4.69) is 93.7 Å². The van der Waals surface area contributed by atoms with Gasteiger partial charge in [0, 0.05) is 19.3 Å². The zero-order valence-corrected chi connectivity index (χ0v) is 47.0. The van der Waals surface area contributed by atoms with Crippen LogP contribution >= 0.6 is 0 Å². The fourth-order valence-electron chi connectivity index (χ4n) is 8.66. The average Bonchev–Trinajstić information content (AvgIpc) is 3.37. The molecular weight excluding hydrogens is 877 g/mol. The Balaban J connectivity index is 4.42. The third-order valence-electron chi connectivity index (χ3n) is 13.2. The van der Waals surface area contributed by atoms with Crippen molar-refractivity contribution < 1.29 is 28.6 Å². The van der Waals surface area contributed by atoms with Crippen molar-refractivity contribution >= 4 is 17.9 Å². The minimum Gasteiger partial charge on any atom is -0.462 e. The molecule has 71 heavy (non-hydrogen) atoms. The van der Waals surface area contributed by atoms with Crippen molar-refractivity contribution in [2.45, 2.75) is 309 Å². The number of ether oxygens (including phenoxy) is 3. The van der Waals surface area contributed by atoms with Gasteiger partial charge < -0.3 is 14.2 Å². The Morgan fingerprint density at radius 3 is 0.944 bits per heavy atom. The molecule has 1 unspecified atom stereocenters. The summed E-state index contributed by atoms with van der Waals surface area (Å²) in [5, 5.41) is 0. The maximum absolute atomic E-state index is 12.9. The first kappa shape index (κ1) is 67.8. The summed E-state index contributed by atoms with van der Waals surface area (Å²) in [5.41, 5.74) is 0. The summed E-state index contributed by atoms with van der Waals surface area (Å²) in [6, 6.07) is 0. The lowest BCUT2D eigenvalue weighted by Gasteiger charge is -2.18. The van der Waals surface area contributed by atoms with Crippen LogP contribution in [-0.2, 0) is 28.6 Å². The number of carbonyl (C=O) groups excluding carboxylic acids is 3. The Morgan fingerprint density at radius 1 is 0.310 bits per heavy atom. The molecular formula is C65H114O6. The van der Waals surface area contributed by atoms with Gasteiger partial charge in [-0.15, -0.1) is 0 Å². The van der Waals surface area contributed by atoms with Gasteiger partial charge in [-0.3, -0.25) is 14.4 Å². The highest BCUT2D eigenvalue weighted by molar-refractivity contribution is 5.71. The van der Waals surface area contributed by atoms with E-state index in [1.165, 1.54) is 154 Å². The fraction of sp³-hybridized carbons (Fsp3) is 0.769. The van der Waals surface area contributed by atoms with E-state index in [0.29, 0.717) is 19.3 Å². The number of unbranched alkanes of at least 4 members (excludes halogenated alkanes) is 33. The van der Waals surface area contributed by atoms with Gasteiger partial charge in [0.15, 0.2) is 6.10 Å². The van der Waals surface area contributed by atoms with E-state index in [0.717, 1.165) is 109 Å². The lowest BCUT2D eigenvalue weighted by molar-refractivity contribution is -0.167. The van der Waals surface area contributed by atoms with Gasteiger partial charge in [0.2, 0.25) is 0 Å². The summed E-state index contributed by atoms with van der Waals surface area (Å²) in [4.78, 5) is 38.3. The SMILES string of the molecule is CC/C=C\C/C=C\C/C=C\C/C=C\CCCCCCCCC(=O)OCC(COC(=O)CCCCCCCCCCCCCCCCCC)OC(=O)CCCCCCC/C=C\C=C/CCCCCCCCC. The second-order valence-electron chi connectivity index (χ2n) is 20.3. The first-order valence-electron chi connectivity index (χ1n) is 30.5. The molecule has 0 saturated heterocycles. The molecule has 0 aromatic carbocycles. The summed E-state index contributed by atoms with van der Waals surface area (Å²) in [6.07, 6.45) is 76.0. The molecule has 0 amide bonds. The Labute approximate surface area is 440 Å². The molecule has 1 atom stereocenters. The fourth-order valence-corrected chi connectivity index (χ4v) is 8.66. The highest BCUT2D eigenvalue weighted by Crippen LogP contribution is 2.16. The van der Waals surface area contributed by atoms with Crippen LogP contribution in [0.15, 0.2) is 72.9 Å². The van der Waals surface area contributed by atoms with Gasteiger partial charge in [-0.05, 0) is 83.5 Å². The summed E-state index contributed by atoms with van der Waals surface area (Å²) in [5.74, 6) is -0.900. The van der Waals surface area contributed by atoms with E-state index < -0.39 is 6.10 Å². The van der Waals surface area contributed by atoms with Crippen molar-refractivity contribution in [1.82, 2.24) is 0 Å². The van der Waals surface area contributed by atoms with Crippen molar-refractivity contribution in [2.75, 3.05) is 13.2 Å². The minimum atomic E-state index is -0.789. The number of hydrogen-bond acceptors (Lipinski definition) is 6. The molecule has 0 aromatic rings. The molecule has 0 bridgehead atoms. The Kier molecular flexibility index (Phi) is 56.8. The topological polar surface area (TPSA) is 78.9 Å². The molecule has 0 aliphatic heterocycles. The third kappa shape index (κ3) is 57.6. The van der Waals surface area contributed by atoms with Gasteiger partial charge in [0.05, 0.1) is 0 Å². The molecule has 0 aliphatic carbocycles. The molecule has 0 fully saturated rings. The number of allylic oxidation sites excluding steroid dienone is 12. The zero-order valence-electron chi connectivity index (χ0n) is 47.0. The van der Waals surface area contributed by atoms with E-state index in [1.54, 1.807) is 0 Å². The summed E-state index contributed by atoms with van der Waals surface area (Å²) < 4.78 is 16.9. The molecule has 410 valence electrons. The number of esters is 3. The quantitative estimate of drug-likeness (QED) is 0.0199. The van der Waals surface area contributed by atoms with Crippen LogP contribution in [0, 0.1) is 0 Å². The molecule has 6 heteroatoms. The summed E-state index contributed by atoms with van der Waals surface area (Å²) in [6.45, 7) is 6.53. The predicted molar refractivity (Wildman–Crippen MR) is 307 cm³/mol. The zero-order chi connectivity index (χ0) is 51.4. The van der Waals surface area contributed by atoms with Crippen LogP contribution in [0.3, 0.4) is 0 Å². The van der Waals surface area contributed by atoms with Crippen LogP contribution in [0.25, 0.3) is 0 Å². The summed E-state index contributed by atoms with van der Waals surface area (Å²) >= 11 is 0. The summed E-state index contributed by atoms with van der Waals surface area (Å²) in [7, 11) is 0. The number of carbonyl (C=O) groups is 3. The molecule has 0 saturated carbocycles. The lowest BCUT2D eigenvalue weighted by Crippen LogP contribution is -2.30. The van der Waals surface area contributed by atoms with Crippen LogP contribution in [0.4, 0.5) is 0 Å². The largest absolute Gasteiger partial charge is 0.462 e. The van der Waals surface area contributed by atoms with Crippen LogP contribution in [-0.4, -0.2) is 37.2 Å². The van der Waals surface area contributed by atoms with Gasteiger partial charge in [-0.25, -0.2) is 0 Å². The van der Waals surface area contributed by atoms with E-state index in [1.807, 2.05) is 0 Å². The van der Waals surface area contributed by atoms with Crippen LogP contribution in [0.5, 0.6) is 0 Å². The molecule has 0 aromatic heterocycles. The van der Waals surface area contributed by atoms with Gasteiger partial charge >= 0.3 is 17.9 Å². The van der Waals surface area contributed by atoms with Gasteiger partial charge in [0.25, 0.3) is 0 Å². The van der Waals surface area contributed by atoms with E-state index in [4.69, 9.17) is 14.2 Å². The third-order valence-corrected chi connectivity index (χ3v) is 13.2. The smallest absolute Gasteiger partial charge is 0.306 e. The normalized spacial score (nSPS) is 12.5. The number of rotatable bonds is 55. The second-order valence-corrected chi connectivity index (χ2v) is 20.3. The predicted octanol–water partition coefficient (Wildman–Crippen LogP) is 20.5. The molecule has 6 nitrogen and oxygen atoms in total. The van der Waals surface area contributed by atoms with E-state index >= 15 is 0 Å². The van der Waals surface area contributed by atoms with Crippen molar-refractivity contribution in [1.29, 1.82) is 0 Å². The standard InChI is InChI=1S/C65H114O6/c1-4-7-10-13-16-19-22-25-28-31-33-35-37-40-43-46-49-52-55-58-64(67)70-61-62(60-69-63(66)57-54-51-48-45-42-39-36-30-27-24-21-18-15-12-9-6-3)71-65(68)59-56-53-50-47-44-41-38-34-32-29-26-23-20-17-14-11-8-5-2/h7,10,16,19,25,28-29,32-35,38,62H,4-6,8-9,11-15,17-18,20-24,26-27,30-31,36-37,39-61H2,1-3H3/b10-7-,19-16-,28-25-,32-29-,35-33-,38-34-. The molecule has 0 radical (unpaired) electrons. The Bertz CT molecular complexity index is 1320. The lowest BCUT2D eigenvalue weighted by atomic mass is 10.0. The van der Waals surface area contributed by atoms with Crippen LogP contribution < -0.4 is 0 Å². The second kappa shape index (κ2) is 59.4. The maximum atomic E-state index is 12.9. The number of hydrogen-bond donors (Lipinski definition) is 0. The molecule has 0 rings (SSSR count). The van der Waals surface area contributed by atoms with E-state index in [-0.39, 0.29) is 31.1 Å². The van der Waals surface area contributed by atoms with Crippen molar-refractivity contribution in [2.24, 2.45) is 0 Å². The molecule has 0 spiro atoms. The van der Waals surface area contributed by atoms with Gasteiger partial charge in [0.1, 0.15) is 13.2 Å². The monoisotopic (exact) mass is 991 g/mol. The average molecular weight is 992 g/mol. The Morgan fingerprint density at radius 2 is 0.592 bits per heavy atom. The first-order valence-corrected chi connectivity index (χ1v) is 30.5. The van der Waals surface area contributed by atoms with Crippen molar-refractivity contribution in [3.63, 3.8) is 0 Å². The van der Waals surface area contributed by atoms with Crippen molar-refractivity contribution in [3.05, 3.63) is 72.9 Å². The first-order chi connectivity index (χ1) is 35.0. The highest BCUT2D eigenvalue weighted by Gasteiger charge is 2.19. The van der Waals surface area contributed by atoms with Crippen LogP contribution in [0.1, 0.15) is 303 Å². The highest BCUT2D eigenvalue weighted by atomic mass is 16.6. The Hall–Kier alpha value is -3.15. The van der Waals surface area contributed by atoms with Crippen molar-refractivity contribution in [3.8, 4) is 0 Å². The molecule has 0 heterocycles.